The largest absolute Gasteiger partial charge is 0.297 e. The van der Waals surface area contributed by atoms with Gasteiger partial charge in [-0.15, -0.1) is 0 Å². The first-order valence-corrected chi connectivity index (χ1v) is 11.2. The van der Waals surface area contributed by atoms with E-state index in [1.165, 1.54) is 16.4 Å². The molecule has 2 fully saturated rings. The summed E-state index contributed by atoms with van der Waals surface area (Å²) >= 11 is 5.66. The van der Waals surface area contributed by atoms with Crippen molar-refractivity contribution in [1.29, 1.82) is 0 Å². The lowest BCUT2D eigenvalue weighted by Crippen LogP contribution is -2.52. The molecule has 0 radical (unpaired) electrons. The molecule has 24 heavy (non-hydrogen) atoms. The number of rotatable bonds is 3. The maximum Gasteiger partial charge on any atom is 0.246 e. The maximum absolute atomic E-state index is 13.9. The van der Waals surface area contributed by atoms with E-state index in [1.807, 2.05) is 4.90 Å². The average molecular weight is 397 g/mol. The van der Waals surface area contributed by atoms with E-state index < -0.39 is 25.7 Å². The molecule has 1 aromatic rings. The molecule has 0 aromatic heterocycles. The van der Waals surface area contributed by atoms with Crippen molar-refractivity contribution in [3.05, 3.63) is 29.0 Å². The van der Waals surface area contributed by atoms with E-state index in [9.17, 15) is 21.2 Å². The van der Waals surface area contributed by atoms with Crippen LogP contribution in [0.1, 0.15) is 6.42 Å². The Kier molecular flexibility index (Phi) is 4.91. The molecule has 0 aliphatic carbocycles. The maximum atomic E-state index is 13.9. The number of benzene rings is 1. The summed E-state index contributed by atoms with van der Waals surface area (Å²) in [5, 5.41) is 0.138. The van der Waals surface area contributed by atoms with Gasteiger partial charge in [-0.25, -0.2) is 21.2 Å². The van der Waals surface area contributed by atoms with Crippen molar-refractivity contribution in [1.82, 2.24) is 9.21 Å². The monoisotopic (exact) mass is 396 g/mol. The van der Waals surface area contributed by atoms with Crippen LogP contribution in [0.5, 0.6) is 0 Å². The summed E-state index contributed by atoms with van der Waals surface area (Å²) in [5.74, 6) is -0.551. The average Bonchev–Trinajstić information content (AvgIpc) is 2.87. The number of piperazine rings is 1. The van der Waals surface area contributed by atoms with Gasteiger partial charge in [0.15, 0.2) is 9.84 Å². The highest BCUT2D eigenvalue weighted by Gasteiger charge is 2.36. The van der Waals surface area contributed by atoms with Crippen molar-refractivity contribution in [3.8, 4) is 0 Å². The smallest absolute Gasteiger partial charge is 0.246 e. The first-order chi connectivity index (χ1) is 11.2. The van der Waals surface area contributed by atoms with E-state index in [2.05, 4.69) is 0 Å². The minimum atomic E-state index is -3.92. The van der Waals surface area contributed by atoms with Gasteiger partial charge >= 0.3 is 0 Å². The Bertz CT molecular complexity index is 836. The van der Waals surface area contributed by atoms with Gasteiger partial charge < -0.3 is 0 Å². The van der Waals surface area contributed by atoms with Gasteiger partial charge in [-0.3, -0.25) is 4.90 Å². The van der Waals surface area contributed by atoms with Crippen LogP contribution in [0, 0.1) is 5.82 Å². The Morgan fingerprint density at radius 2 is 1.83 bits per heavy atom. The van der Waals surface area contributed by atoms with Crippen molar-refractivity contribution >= 4 is 31.5 Å². The molecule has 0 amide bonds. The molecule has 2 aliphatic heterocycles. The molecule has 0 N–H and O–H groups in total. The Hall–Kier alpha value is -0.740. The lowest BCUT2D eigenvalue weighted by atomic mass is 10.2. The molecule has 3 rings (SSSR count). The van der Waals surface area contributed by atoms with Gasteiger partial charge in [-0.05, 0) is 24.6 Å². The Morgan fingerprint density at radius 1 is 1.17 bits per heavy atom. The van der Waals surface area contributed by atoms with E-state index in [1.54, 1.807) is 0 Å². The number of sulfonamides is 1. The van der Waals surface area contributed by atoms with Gasteiger partial charge in [-0.1, -0.05) is 11.6 Å². The molecule has 134 valence electrons. The van der Waals surface area contributed by atoms with Crippen molar-refractivity contribution in [2.24, 2.45) is 0 Å². The number of halogens is 2. The standard InChI is InChI=1S/C14H18ClFN2O4S2/c15-11-1-2-14(13(16)9-11)24(21,22)18-6-4-17(5-7-18)12-3-8-23(19,20)10-12/h1-2,9,12H,3-8,10H2/t12-/m1/s1. The molecule has 1 aromatic carbocycles. The van der Waals surface area contributed by atoms with E-state index >= 15 is 0 Å². The van der Waals surface area contributed by atoms with Crippen LogP contribution < -0.4 is 0 Å². The van der Waals surface area contributed by atoms with Crippen LogP contribution in [-0.4, -0.2) is 69.8 Å². The van der Waals surface area contributed by atoms with Gasteiger partial charge in [0.2, 0.25) is 10.0 Å². The van der Waals surface area contributed by atoms with Crippen LogP contribution in [0.15, 0.2) is 23.1 Å². The number of nitrogens with zero attached hydrogens (tertiary/aromatic N) is 2. The molecule has 2 saturated heterocycles. The second kappa shape index (κ2) is 6.53. The predicted octanol–water partition coefficient (Wildman–Crippen LogP) is 0.973. The summed E-state index contributed by atoms with van der Waals surface area (Å²) in [6.07, 6.45) is 0.584. The Morgan fingerprint density at radius 3 is 2.38 bits per heavy atom. The second-order valence-corrected chi connectivity index (χ2v) is 10.6. The van der Waals surface area contributed by atoms with Crippen LogP contribution in [0.2, 0.25) is 5.02 Å². The van der Waals surface area contributed by atoms with Crippen molar-refractivity contribution in [2.45, 2.75) is 17.4 Å². The van der Waals surface area contributed by atoms with Crippen LogP contribution in [0.25, 0.3) is 0 Å². The molecule has 2 aliphatic rings. The van der Waals surface area contributed by atoms with Gasteiger partial charge in [0.1, 0.15) is 10.7 Å². The molecule has 0 bridgehead atoms. The van der Waals surface area contributed by atoms with Crippen molar-refractivity contribution < 1.29 is 21.2 Å². The predicted molar refractivity (Wildman–Crippen MR) is 88.8 cm³/mol. The molecular weight excluding hydrogens is 379 g/mol. The van der Waals surface area contributed by atoms with Gasteiger partial charge in [0.05, 0.1) is 11.5 Å². The first kappa shape index (κ1) is 18.1. The molecule has 0 spiro atoms. The van der Waals surface area contributed by atoms with Crippen molar-refractivity contribution in [3.63, 3.8) is 0 Å². The molecule has 2 heterocycles. The lowest BCUT2D eigenvalue weighted by Gasteiger charge is -2.36. The van der Waals surface area contributed by atoms with Gasteiger partial charge in [-0.2, -0.15) is 4.31 Å². The Labute approximate surface area is 146 Å². The second-order valence-electron chi connectivity index (χ2n) is 6.07. The number of hydrogen-bond acceptors (Lipinski definition) is 5. The SMILES string of the molecule is O=S1(=O)CC[C@@H](N2CCN(S(=O)(=O)c3ccc(Cl)cc3F)CC2)C1. The Balaban J connectivity index is 1.70. The normalized spacial score (nSPS) is 25.8. The summed E-state index contributed by atoms with van der Waals surface area (Å²) in [5.41, 5.74) is 0. The van der Waals surface area contributed by atoms with E-state index in [0.717, 1.165) is 6.07 Å². The minimum absolute atomic E-state index is 0.0490. The molecular formula is C14H18ClFN2O4S2. The molecule has 6 nitrogen and oxygen atoms in total. The topological polar surface area (TPSA) is 74.8 Å². The fourth-order valence-corrected chi connectivity index (χ4v) is 6.58. The summed E-state index contributed by atoms with van der Waals surface area (Å²) < 4.78 is 63.5. The lowest BCUT2D eigenvalue weighted by molar-refractivity contribution is 0.148. The third kappa shape index (κ3) is 3.60. The minimum Gasteiger partial charge on any atom is -0.297 e. The van der Waals surface area contributed by atoms with E-state index in [-0.39, 0.29) is 40.6 Å². The summed E-state index contributed by atoms with van der Waals surface area (Å²) in [4.78, 5) is 1.62. The third-order valence-electron chi connectivity index (χ3n) is 4.51. The van der Waals surface area contributed by atoms with Gasteiger partial charge in [0.25, 0.3) is 0 Å². The number of hydrogen-bond donors (Lipinski definition) is 0. The molecule has 0 unspecified atom stereocenters. The zero-order valence-electron chi connectivity index (χ0n) is 12.9. The van der Waals surface area contributed by atoms with Gasteiger partial charge in [0, 0.05) is 37.2 Å². The first-order valence-electron chi connectivity index (χ1n) is 7.59. The van der Waals surface area contributed by atoms with Crippen LogP contribution in [0.3, 0.4) is 0 Å². The quantitative estimate of drug-likeness (QED) is 0.761. The molecule has 1 atom stereocenters. The van der Waals surface area contributed by atoms with Crippen LogP contribution in [-0.2, 0) is 19.9 Å². The van der Waals surface area contributed by atoms with Crippen LogP contribution >= 0.6 is 11.6 Å². The zero-order chi connectivity index (χ0) is 17.5. The van der Waals surface area contributed by atoms with E-state index in [0.29, 0.717) is 19.5 Å². The van der Waals surface area contributed by atoms with Crippen molar-refractivity contribution in [2.75, 3.05) is 37.7 Å². The molecule has 0 saturated carbocycles. The fraction of sp³-hybridized carbons (Fsp3) is 0.571. The zero-order valence-corrected chi connectivity index (χ0v) is 15.2. The fourth-order valence-electron chi connectivity index (χ4n) is 3.20. The van der Waals surface area contributed by atoms with E-state index in [4.69, 9.17) is 11.6 Å². The summed E-state index contributed by atoms with van der Waals surface area (Å²) in [6.45, 7) is 1.30. The molecule has 10 heteroatoms. The highest BCUT2D eigenvalue weighted by Crippen LogP contribution is 2.25. The van der Waals surface area contributed by atoms with Crippen LogP contribution in [0.4, 0.5) is 4.39 Å². The summed E-state index contributed by atoms with van der Waals surface area (Å²) in [7, 11) is -6.90. The highest BCUT2D eigenvalue weighted by atomic mass is 35.5. The number of sulfone groups is 1. The highest BCUT2D eigenvalue weighted by molar-refractivity contribution is 7.91. The third-order valence-corrected chi connectivity index (χ3v) is 8.43. The summed E-state index contributed by atoms with van der Waals surface area (Å²) in [6, 6.07) is 3.45.